The van der Waals surface area contributed by atoms with E-state index in [2.05, 4.69) is 20.4 Å². The fraction of sp³-hybridized carbons (Fsp3) is 0.529. The first-order chi connectivity index (χ1) is 11.9. The minimum absolute atomic E-state index is 0.169. The van der Waals surface area contributed by atoms with Gasteiger partial charge in [-0.2, -0.15) is 16.7 Å². The summed E-state index contributed by atoms with van der Waals surface area (Å²) in [5.74, 6) is 3.47. The van der Waals surface area contributed by atoms with Gasteiger partial charge in [-0.3, -0.25) is 4.90 Å². The molecule has 1 aromatic carbocycles. The highest BCUT2D eigenvalue weighted by atomic mass is 32.2. The normalized spacial score (nSPS) is 25.0. The average molecular weight is 346 g/mol. The van der Waals surface area contributed by atoms with E-state index in [0.717, 1.165) is 44.2 Å². The second-order valence-corrected chi connectivity index (χ2v) is 7.37. The Labute approximate surface area is 145 Å². The van der Waals surface area contributed by atoms with Gasteiger partial charge in [-0.05, 0) is 29.5 Å². The Bertz CT molecular complexity index is 652. The Kier molecular flexibility index (Phi) is 4.73. The number of morpholine rings is 1. The van der Waals surface area contributed by atoms with Crippen molar-refractivity contribution in [3.8, 4) is 11.5 Å². The fourth-order valence-electron chi connectivity index (χ4n) is 3.37. The molecule has 3 heterocycles. The van der Waals surface area contributed by atoms with Gasteiger partial charge in [0.25, 0.3) is 11.8 Å². The Balaban J connectivity index is 1.44. The SMILES string of the molecule is c1ccc(-c2nc(NCC3(N4CCOCC4)CCSC3)no2)cc1. The third-order valence-corrected chi connectivity index (χ3v) is 6.02. The van der Waals surface area contributed by atoms with Crippen LogP contribution >= 0.6 is 11.8 Å². The molecule has 0 bridgehead atoms. The van der Waals surface area contributed by atoms with Gasteiger partial charge in [-0.1, -0.05) is 18.2 Å². The number of benzene rings is 1. The Morgan fingerprint density at radius 3 is 2.79 bits per heavy atom. The monoisotopic (exact) mass is 346 g/mol. The van der Waals surface area contributed by atoms with Crippen molar-refractivity contribution in [3.05, 3.63) is 30.3 Å². The van der Waals surface area contributed by atoms with Crippen LogP contribution < -0.4 is 5.32 Å². The minimum Gasteiger partial charge on any atom is -0.379 e. The van der Waals surface area contributed by atoms with Crippen molar-refractivity contribution in [2.24, 2.45) is 0 Å². The molecule has 6 nitrogen and oxygen atoms in total. The molecule has 0 radical (unpaired) electrons. The average Bonchev–Trinajstić information content (AvgIpc) is 3.32. The molecule has 1 unspecified atom stereocenters. The summed E-state index contributed by atoms with van der Waals surface area (Å²) < 4.78 is 10.9. The maximum atomic E-state index is 5.51. The number of rotatable bonds is 5. The molecule has 7 heteroatoms. The van der Waals surface area contributed by atoms with Crippen LogP contribution in [0.25, 0.3) is 11.5 Å². The second kappa shape index (κ2) is 7.13. The summed E-state index contributed by atoms with van der Waals surface area (Å²) in [6.07, 6.45) is 1.19. The Morgan fingerprint density at radius 1 is 1.21 bits per heavy atom. The topological polar surface area (TPSA) is 63.4 Å². The Morgan fingerprint density at radius 2 is 2.04 bits per heavy atom. The van der Waals surface area contributed by atoms with Gasteiger partial charge >= 0.3 is 0 Å². The maximum Gasteiger partial charge on any atom is 0.263 e. The molecule has 24 heavy (non-hydrogen) atoms. The van der Waals surface area contributed by atoms with Crippen LogP contribution in [0.4, 0.5) is 5.95 Å². The number of nitrogens with one attached hydrogen (secondary N) is 1. The summed E-state index contributed by atoms with van der Waals surface area (Å²) >= 11 is 2.03. The van der Waals surface area contributed by atoms with Gasteiger partial charge in [-0.25, -0.2) is 0 Å². The van der Waals surface area contributed by atoms with Crippen LogP contribution in [0.2, 0.25) is 0 Å². The highest BCUT2D eigenvalue weighted by Gasteiger charge is 2.40. The highest BCUT2D eigenvalue weighted by Crippen LogP contribution is 2.34. The van der Waals surface area contributed by atoms with Crippen molar-refractivity contribution in [1.29, 1.82) is 0 Å². The third kappa shape index (κ3) is 3.29. The van der Waals surface area contributed by atoms with Crippen molar-refractivity contribution in [1.82, 2.24) is 15.0 Å². The molecule has 1 aromatic heterocycles. The molecule has 0 spiro atoms. The van der Waals surface area contributed by atoms with Crippen molar-refractivity contribution < 1.29 is 9.26 Å². The first kappa shape index (κ1) is 15.9. The van der Waals surface area contributed by atoms with E-state index in [1.165, 1.54) is 12.2 Å². The predicted molar refractivity (Wildman–Crippen MR) is 95.3 cm³/mol. The van der Waals surface area contributed by atoms with Gasteiger partial charge in [0, 0.05) is 36.5 Å². The number of thioether (sulfide) groups is 1. The molecule has 1 N–H and O–H groups in total. The van der Waals surface area contributed by atoms with E-state index >= 15 is 0 Å². The fourth-order valence-corrected chi connectivity index (χ4v) is 4.85. The molecule has 2 aliphatic rings. The molecule has 4 rings (SSSR count). The molecular weight excluding hydrogens is 324 g/mol. The lowest BCUT2D eigenvalue weighted by molar-refractivity contribution is -0.00926. The number of ether oxygens (including phenoxy) is 1. The summed E-state index contributed by atoms with van der Waals surface area (Å²) in [7, 11) is 0. The van der Waals surface area contributed by atoms with Crippen LogP contribution in [0.1, 0.15) is 6.42 Å². The molecule has 2 fully saturated rings. The lowest BCUT2D eigenvalue weighted by Gasteiger charge is -2.42. The summed E-state index contributed by atoms with van der Waals surface area (Å²) in [5, 5.41) is 7.49. The van der Waals surface area contributed by atoms with Gasteiger partial charge in [0.05, 0.1) is 13.2 Å². The van der Waals surface area contributed by atoms with Gasteiger partial charge in [0.15, 0.2) is 0 Å². The summed E-state index contributed by atoms with van der Waals surface area (Å²) in [6.45, 7) is 4.50. The zero-order chi connectivity index (χ0) is 16.2. The molecule has 2 aliphatic heterocycles. The van der Waals surface area contributed by atoms with Gasteiger partial charge < -0.3 is 14.6 Å². The lowest BCUT2D eigenvalue weighted by atomic mass is 9.95. The standard InChI is InChI=1S/C17H22N4O2S/c1-2-4-14(5-3-1)15-19-16(20-23-15)18-12-17(6-11-24-13-17)21-7-9-22-10-8-21/h1-5H,6-13H2,(H,18,20). The van der Waals surface area contributed by atoms with Crippen LogP contribution in [0.15, 0.2) is 34.9 Å². The van der Waals surface area contributed by atoms with Gasteiger partial charge in [0.1, 0.15) is 0 Å². The van der Waals surface area contributed by atoms with Gasteiger partial charge in [0.2, 0.25) is 0 Å². The van der Waals surface area contributed by atoms with E-state index in [4.69, 9.17) is 9.26 Å². The third-order valence-electron chi connectivity index (χ3n) is 4.79. The molecule has 1 atom stereocenters. The predicted octanol–water partition coefficient (Wildman–Crippen LogP) is 2.36. The molecule has 0 aliphatic carbocycles. The second-order valence-electron chi connectivity index (χ2n) is 6.27. The summed E-state index contributed by atoms with van der Waals surface area (Å²) in [4.78, 5) is 7.05. The number of anilines is 1. The first-order valence-electron chi connectivity index (χ1n) is 8.39. The largest absolute Gasteiger partial charge is 0.379 e. The van der Waals surface area contributed by atoms with Crippen LogP contribution in [0.3, 0.4) is 0 Å². The smallest absolute Gasteiger partial charge is 0.263 e. The molecule has 0 amide bonds. The highest BCUT2D eigenvalue weighted by molar-refractivity contribution is 7.99. The van der Waals surface area contributed by atoms with Gasteiger partial charge in [-0.15, -0.1) is 0 Å². The number of hydrogen-bond donors (Lipinski definition) is 1. The van der Waals surface area contributed by atoms with Crippen molar-refractivity contribution >= 4 is 17.7 Å². The van der Waals surface area contributed by atoms with E-state index in [1.807, 2.05) is 42.1 Å². The molecule has 128 valence electrons. The van der Waals surface area contributed by atoms with Crippen molar-refractivity contribution in [3.63, 3.8) is 0 Å². The molecule has 2 saturated heterocycles. The van der Waals surface area contributed by atoms with E-state index in [0.29, 0.717) is 11.8 Å². The van der Waals surface area contributed by atoms with Crippen molar-refractivity contribution in [2.45, 2.75) is 12.0 Å². The van der Waals surface area contributed by atoms with E-state index in [9.17, 15) is 0 Å². The number of aromatic nitrogens is 2. The Hall–Kier alpha value is -1.57. The van der Waals surface area contributed by atoms with E-state index in [1.54, 1.807) is 0 Å². The zero-order valence-corrected chi connectivity index (χ0v) is 14.4. The van der Waals surface area contributed by atoms with E-state index in [-0.39, 0.29) is 5.54 Å². The molecule has 0 saturated carbocycles. The molecular formula is C17H22N4O2S. The number of hydrogen-bond acceptors (Lipinski definition) is 7. The molecule has 2 aromatic rings. The first-order valence-corrected chi connectivity index (χ1v) is 9.55. The summed E-state index contributed by atoms with van der Waals surface area (Å²) in [6, 6.07) is 9.86. The van der Waals surface area contributed by atoms with Crippen LogP contribution in [0, 0.1) is 0 Å². The van der Waals surface area contributed by atoms with E-state index < -0.39 is 0 Å². The lowest BCUT2D eigenvalue weighted by Crippen LogP contribution is -2.57. The maximum absolute atomic E-state index is 5.51. The quantitative estimate of drug-likeness (QED) is 0.891. The zero-order valence-electron chi connectivity index (χ0n) is 13.6. The van der Waals surface area contributed by atoms with Crippen LogP contribution in [0.5, 0.6) is 0 Å². The van der Waals surface area contributed by atoms with Crippen LogP contribution in [-0.2, 0) is 4.74 Å². The minimum atomic E-state index is 0.169. The number of nitrogens with zero attached hydrogens (tertiary/aromatic N) is 3. The summed E-state index contributed by atoms with van der Waals surface area (Å²) in [5.41, 5.74) is 1.11. The van der Waals surface area contributed by atoms with Crippen LogP contribution in [-0.4, -0.2) is 64.9 Å². The van der Waals surface area contributed by atoms with Crippen molar-refractivity contribution in [2.75, 3.05) is 49.7 Å².